The van der Waals surface area contributed by atoms with Crippen LogP contribution in [0.2, 0.25) is 0 Å². The van der Waals surface area contributed by atoms with Gasteiger partial charge in [-0.3, -0.25) is 4.99 Å². The Balaban J connectivity index is 0.00000288. The molecule has 0 spiro atoms. The predicted molar refractivity (Wildman–Crippen MR) is 114 cm³/mol. The Hall–Kier alpha value is -1.15. The third-order valence-corrected chi connectivity index (χ3v) is 4.45. The molecule has 0 saturated carbocycles. The molecule has 6 heteroatoms. The molecule has 1 aromatic heterocycles. The minimum atomic E-state index is 0. The summed E-state index contributed by atoms with van der Waals surface area (Å²) in [6.45, 7) is 9.36. The molecular formula is C18H27IN4S. The van der Waals surface area contributed by atoms with E-state index in [1.165, 1.54) is 5.56 Å². The number of halogens is 1. The van der Waals surface area contributed by atoms with Crippen molar-refractivity contribution in [1.82, 2.24) is 15.6 Å². The van der Waals surface area contributed by atoms with Gasteiger partial charge >= 0.3 is 0 Å². The van der Waals surface area contributed by atoms with E-state index in [2.05, 4.69) is 60.8 Å². The molecule has 1 atom stereocenters. The molecule has 0 amide bonds. The molecule has 1 aromatic carbocycles. The van der Waals surface area contributed by atoms with Gasteiger partial charge in [0, 0.05) is 17.8 Å². The van der Waals surface area contributed by atoms with Crippen LogP contribution < -0.4 is 10.6 Å². The SMILES string of the molecule is CN=C(NCc1nc(C(C)(C)C)cs1)NC(C)c1ccccc1.I. The molecule has 0 bridgehead atoms. The molecule has 0 aliphatic rings. The van der Waals surface area contributed by atoms with Crippen molar-refractivity contribution in [2.24, 2.45) is 4.99 Å². The van der Waals surface area contributed by atoms with E-state index in [-0.39, 0.29) is 35.4 Å². The quantitative estimate of drug-likeness (QED) is 0.404. The first kappa shape index (κ1) is 20.9. The molecule has 2 rings (SSSR count). The van der Waals surface area contributed by atoms with E-state index < -0.39 is 0 Å². The molecule has 0 radical (unpaired) electrons. The largest absolute Gasteiger partial charge is 0.350 e. The van der Waals surface area contributed by atoms with Gasteiger partial charge in [0.05, 0.1) is 18.3 Å². The molecule has 2 N–H and O–H groups in total. The smallest absolute Gasteiger partial charge is 0.191 e. The lowest BCUT2D eigenvalue weighted by atomic mass is 9.93. The number of nitrogens with one attached hydrogen (secondary N) is 2. The molecule has 0 fully saturated rings. The van der Waals surface area contributed by atoms with Gasteiger partial charge in [-0.1, -0.05) is 51.1 Å². The van der Waals surface area contributed by atoms with E-state index in [0.29, 0.717) is 6.54 Å². The van der Waals surface area contributed by atoms with E-state index in [4.69, 9.17) is 4.98 Å². The highest BCUT2D eigenvalue weighted by Crippen LogP contribution is 2.23. The summed E-state index contributed by atoms with van der Waals surface area (Å²) in [5.74, 6) is 0.786. The summed E-state index contributed by atoms with van der Waals surface area (Å²) in [4.78, 5) is 8.99. The predicted octanol–water partition coefficient (Wildman–Crippen LogP) is 4.48. The Labute approximate surface area is 166 Å². The second kappa shape index (κ2) is 9.36. The zero-order chi connectivity index (χ0) is 16.9. The molecule has 4 nitrogen and oxygen atoms in total. The first-order valence-corrected chi connectivity index (χ1v) is 8.75. The number of hydrogen-bond donors (Lipinski definition) is 2. The van der Waals surface area contributed by atoms with Gasteiger partial charge in [-0.2, -0.15) is 0 Å². The topological polar surface area (TPSA) is 49.3 Å². The summed E-state index contributed by atoms with van der Waals surface area (Å²) in [6, 6.07) is 10.5. The molecule has 1 heterocycles. The monoisotopic (exact) mass is 458 g/mol. The highest BCUT2D eigenvalue weighted by atomic mass is 127. The van der Waals surface area contributed by atoms with E-state index in [1.54, 1.807) is 18.4 Å². The second-order valence-electron chi connectivity index (χ2n) is 6.58. The van der Waals surface area contributed by atoms with E-state index in [9.17, 15) is 0 Å². The summed E-state index contributed by atoms with van der Waals surface area (Å²) >= 11 is 1.69. The third-order valence-electron chi connectivity index (χ3n) is 3.60. The van der Waals surface area contributed by atoms with Crippen LogP contribution in [0.15, 0.2) is 40.7 Å². The minimum absolute atomic E-state index is 0. The van der Waals surface area contributed by atoms with Crippen LogP contribution in [-0.2, 0) is 12.0 Å². The zero-order valence-corrected chi connectivity index (χ0v) is 18.1. The van der Waals surface area contributed by atoms with Gasteiger partial charge in [0.2, 0.25) is 0 Å². The summed E-state index contributed by atoms with van der Waals surface area (Å²) in [5.41, 5.74) is 2.47. The summed E-state index contributed by atoms with van der Waals surface area (Å²) in [6.07, 6.45) is 0. The van der Waals surface area contributed by atoms with Crippen LogP contribution in [0, 0.1) is 0 Å². The van der Waals surface area contributed by atoms with Crippen molar-refractivity contribution in [3.63, 3.8) is 0 Å². The number of thiazole rings is 1. The first-order chi connectivity index (χ1) is 10.9. The Morgan fingerprint density at radius 2 is 1.92 bits per heavy atom. The van der Waals surface area contributed by atoms with Crippen LogP contribution in [0.4, 0.5) is 0 Å². The van der Waals surface area contributed by atoms with Crippen LogP contribution >= 0.6 is 35.3 Å². The fourth-order valence-corrected chi connectivity index (χ4v) is 3.08. The highest BCUT2D eigenvalue weighted by molar-refractivity contribution is 14.0. The van der Waals surface area contributed by atoms with Crippen molar-refractivity contribution in [3.8, 4) is 0 Å². The number of aromatic nitrogens is 1. The van der Waals surface area contributed by atoms with Gasteiger partial charge in [-0.15, -0.1) is 35.3 Å². The van der Waals surface area contributed by atoms with Crippen LogP contribution in [0.5, 0.6) is 0 Å². The van der Waals surface area contributed by atoms with Gasteiger partial charge < -0.3 is 10.6 Å². The average molecular weight is 458 g/mol. The average Bonchev–Trinajstić information content (AvgIpc) is 3.01. The van der Waals surface area contributed by atoms with E-state index in [0.717, 1.165) is 16.7 Å². The van der Waals surface area contributed by atoms with Crippen LogP contribution in [0.3, 0.4) is 0 Å². The Morgan fingerprint density at radius 3 is 2.46 bits per heavy atom. The van der Waals surface area contributed by atoms with Crippen molar-refractivity contribution >= 4 is 41.3 Å². The molecular weight excluding hydrogens is 431 g/mol. The number of benzene rings is 1. The number of guanidine groups is 1. The Morgan fingerprint density at radius 1 is 1.25 bits per heavy atom. The van der Waals surface area contributed by atoms with Gasteiger partial charge in [-0.05, 0) is 12.5 Å². The molecule has 24 heavy (non-hydrogen) atoms. The molecule has 0 aliphatic carbocycles. The van der Waals surface area contributed by atoms with Gasteiger partial charge in [0.25, 0.3) is 0 Å². The van der Waals surface area contributed by atoms with Gasteiger partial charge in [0.15, 0.2) is 5.96 Å². The lowest BCUT2D eigenvalue weighted by Crippen LogP contribution is -2.38. The summed E-state index contributed by atoms with van der Waals surface area (Å²) in [7, 11) is 1.79. The molecule has 0 saturated heterocycles. The zero-order valence-electron chi connectivity index (χ0n) is 15.0. The van der Waals surface area contributed by atoms with Crippen molar-refractivity contribution in [1.29, 1.82) is 0 Å². The van der Waals surface area contributed by atoms with Crippen LogP contribution in [0.25, 0.3) is 0 Å². The Kier molecular flexibility index (Phi) is 8.15. The molecule has 1 unspecified atom stereocenters. The fraction of sp³-hybridized carbons (Fsp3) is 0.444. The van der Waals surface area contributed by atoms with Gasteiger partial charge in [0.1, 0.15) is 5.01 Å². The number of rotatable bonds is 4. The number of aliphatic imine (C=N–C) groups is 1. The number of nitrogens with zero attached hydrogens (tertiary/aromatic N) is 2. The molecule has 2 aromatic rings. The third kappa shape index (κ3) is 6.05. The summed E-state index contributed by atoms with van der Waals surface area (Å²) < 4.78 is 0. The Bertz CT molecular complexity index is 647. The van der Waals surface area contributed by atoms with Crippen molar-refractivity contribution in [2.45, 2.75) is 45.7 Å². The maximum absolute atomic E-state index is 4.70. The highest BCUT2D eigenvalue weighted by Gasteiger charge is 2.17. The normalized spacial score (nSPS) is 13.1. The van der Waals surface area contributed by atoms with Crippen molar-refractivity contribution in [2.75, 3.05) is 7.05 Å². The second-order valence-corrected chi connectivity index (χ2v) is 7.52. The first-order valence-electron chi connectivity index (χ1n) is 7.87. The maximum Gasteiger partial charge on any atom is 0.191 e. The lowest BCUT2D eigenvalue weighted by molar-refractivity contribution is 0.570. The lowest BCUT2D eigenvalue weighted by Gasteiger charge is -2.18. The molecule has 0 aliphatic heterocycles. The standard InChI is InChI=1S/C18H26N4S.HI/c1-13(14-9-7-6-8-10-14)21-17(19-5)20-11-16-22-15(12-23-16)18(2,3)4;/h6-10,12-13H,11H2,1-5H3,(H2,19,20,21);1H. The van der Waals surface area contributed by atoms with E-state index >= 15 is 0 Å². The van der Waals surface area contributed by atoms with Crippen LogP contribution in [-0.4, -0.2) is 18.0 Å². The molecule has 132 valence electrons. The van der Waals surface area contributed by atoms with Gasteiger partial charge in [-0.25, -0.2) is 4.98 Å². The van der Waals surface area contributed by atoms with Crippen LogP contribution in [0.1, 0.15) is 50.0 Å². The minimum Gasteiger partial charge on any atom is -0.350 e. The summed E-state index contributed by atoms with van der Waals surface area (Å²) in [5, 5.41) is 9.96. The fourth-order valence-electron chi connectivity index (χ4n) is 2.12. The van der Waals surface area contributed by atoms with E-state index in [1.807, 2.05) is 18.2 Å². The number of hydrogen-bond acceptors (Lipinski definition) is 3. The van der Waals surface area contributed by atoms with Crippen molar-refractivity contribution in [3.05, 3.63) is 52.0 Å². The maximum atomic E-state index is 4.70. The van der Waals surface area contributed by atoms with Crippen molar-refractivity contribution < 1.29 is 0 Å².